The van der Waals surface area contributed by atoms with Crippen LogP contribution in [0.5, 0.6) is 0 Å². The molecule has 0 radical (unpaired) electrons. The topological polar surface area (TPSA) is 70.0 Å². The zero-order chi connectivity index (χ0) is 12.2. The van der Waals surface area contributed by atoms with Gasteiger partial charge >= 0.3 is 0 Å². The number of nitriles is 1. The number of hydrogen-bond donors (Lipinski definition) is 1. The van der Waals surface area contributed by atoms with E-state index < -0.39 is 9.84 Å². The molecule has 1 N–H and O–H groups in total. The monoisotopic (exact) mass is 236 g/mol. The summed E-state index contributed by atoms with van der Waals surface area (Å²) in [5.41, 5.74) is 0.339. The Morgan fingerprint density at radius 2 is 1.88 bits per heavy atom. The van der Waals surface area contributed by atoms with Crippen LogP contribution in [0.15, 0.2) is 45.8 Å². The first kappa shape index (κ1) is 12.3. The van der Waals surface area contributed by atoms with Crippen molar-refractivity contribution in [2.45, 2.75) is 11.8 Å². The quantitative estimate of drug-likeness (QED) is 0.806. The number of sulfone groups is 1. The van der Waals surface area contributed by atoms with E-state index in [1.165, 1.54) is 12.1 Å². The highest BCUT2D eigenvalue weighted by Crippen LogP contribution is 2.19. The van der Waals surface area contributed by atoms with Gasteiger partial charge < -0.3 is 5.32 Å². The smallest absolute Gasteiger partial charge is 0.218 e. The summed E-state index contributed by atoms with van der Waals surface area (Å²) in [7, 11) is -2.13. The molecule has 0 saturated heterocycles. The lowest BCUT2D eigenvalue weighted by Crippen LogP contribution is -2.12. The van der Waals surface area contributed by atoms with Crippen LogP contribution in [-0.2, 0) is 9.84 Å². The molecule has 0 aliphatic rings. The third kappa shape index (κ3) is 2.23. The Bertz CT molecular complexity index is 539. The second kappa shape index (κ2) is 4.81. The van der Waals surface area contributed by atoms with Crippen molar-refractivity contribution in [2.24, 2.45) is 0 Å². The predicted molar refractivity (Wildman–Crippen MR) is 61.0 cm³/mol. The molecule has 0 aliphatic heterocycles. The Hall–Kier alpha value is -1.80. The summed E-state index contributed by atoms with van der Waals surface area (Å²) in [5, 5.41) is 11.6. The van der Waals surface area contributed by atoms with Crippen LogP contribution in [-0.4, -0.2) is 15.5 Å². The highest BCUT2D eigenvalue weighted by molar-refractivity contribution is 7.95. The Labute approximate surface area is 95.1 Å². The third-order valence-corrected chi connectivity index (χ3v) is 3.97. The predicted octanol–water partition coefficient (Wildman–Crippen LogP) is 1.43. The van der Waals surface area contributed by atoms with Gasteiger partial charge in [-0.3, -0.25) is 0 Å². The summed E-state index contributed by atoms with van der Waals surface area (Å²) < 4.78 is 24.1. The minimum atomic E-state index is -3.71. The summed E-state index contributed by atoms with van der Waals surface area (Å²) in [4.78, 5) is -0.123. The molecular formula is C11H12N2O2S. The molecule has 1 rings (SSSR count). The second-order valence-electron chi connectivity index (χ2n) is 3.13. The highest BCUT2D eigenvalue weighted by Gasteiger charge is 2.22. The Morgan fingerprint density at radius 1 is 1.31 bits per heavy atom. The van der Waals surface area contributed by atoms with Crippen LogP contribution in [0.4, 0.5) is 0 Å². The van der Waals surface area contributed by atoms with Crippen molar-refractivity contribution in [2.75, 3.05) is 7.05 Å². The molecule has 0 aromatic heterocycles. The van der Waals surface area contributed by atoms with Crippen molar-refractivity contribution in [1.82, 2.24) is 5.32 Å². The van der Waals surface area contributed by atoms with Gasteiger partial charge in [0.25, 0.3) is 0 Å². The number of nitrogens with zero attached hydrogens (tertiary/aromatic N) is 1. The first-order valence-corrected chi connectivity index (χ1v) is 6.11. The van der Waals surface area contributed by atoms with Crippen LogP contribution >= 0.6 is 0 Å². The molecule has 5 heteroatoms. The molecule has 84 valence electrons. The largest absolute Gasteiger partial charge is 0.390 e. The van der Waals surface area contributed by atoms with Gasteiger partial charge in [-0.2, -0.15) is 5.26 Å². The maximum absolute atomic E-state index is 12.0. The van der Waals surface area contributed by atoms with Gasteiger partial charge in [0.2, 0.25) is 9.84 Å². The molecule has 0 atom stereocenters. The van der Waals surface area contributed by atoms with E-state index >= 15 is 0 Å². The fourth-order valence-corrected chi connectivity index (χ4v) is 2.55. The van der Waals surface area contributed by atoms with Gasteiger partial charge in [0, 0.05) is 12.7 Å². The van der Waals surface area contributed by atoms with Crippen molar-refractivity contribution in [3.05, 3.63) is 40.9 Å². The van der Waals surface area contributed by atoms with E-state index in [1.807, 2.05) is 0 Å². The molecule has 1 aromatic rings. The van der Waals surface area contributed by atoms with Crippen LogP contribution in [0, 0.1) is 11.3 Å². The normalized spacial score (nSPS) is 12.6. The van der Waals surface area contributed by atoms with Gasteiger partial charge in [-0.25, -0.2) is 8.42 Å². The molecule has 0 unspecified atom stereocenters. The van der Waals surface area contributed by atoms with Crippen molar-refractivity contribution in [1.29, 1.82) is 5.26 Å². The molecule has 16 heavy (non-hydrogen) atoms. The number of allylic oxidation sites excluding steroid dienone is 2. The van der Waals surface area contributed by atoms with Crippen LogP contribution in [0.1, 0.15) is 6.92 Å². The molecule has 0 bridgehead atoms. The summed E-state index contributed by atoms with van der Waals surface area (Å²) in [6.07, 6.45) is 0. The van der Waals surface area contributed by atoms with Gasteiger partial charge in [-0.1, -0.05) is 18.2 Å². The minimum Gasteiger partial charge on any atom is -0.390 e. The van der Waals surface area contributed by atoms with Crippen molar-refractivity contribution in [3.63, 3.8) is 0 Å². The SMILES string of the molecule is CN/C(C)=C(/C#N)S(=O)(=O)c1ccccc1. The van der Waals surface area contributed by atoms with Gasteiger partial charge in [0.15, 0.2) is 4.91 Å². The van der Waals surface area contributed by atoms with Crippen LogP contribution in [0.25, 0.3) is 0 Å². The first-order chi connectivity index (χ1) is 7.54. The van der Waals surface area contributed by atoms with Crippen LogP contribution < -0.4 is 5.32 Å². The second-order valence-corrected chi connectivity index (χ2v) is 5.02. The average Bonchev–Trinajstić information content (AvgIpc) is 2.30. The summed E-state index contributed by atoms with van der Waals surface area (Å²) in [6, 6.07) is 9.62. The average molecular weight is 236 g/mol. The van der Waals surface area contributed by atoms with E-state index in [9.17, 15) is 8.42 Å². The van der Waals surface area contributed by atoms with E-state index in [1.54, 1.807) is 38.2 Å². The van der Waals surface area contributed by atoms with E-state index in [4.69, 9.17) is 5.26 Å². The van der Waals surface area contributed by atoms with Crippen LogP contribution in [0.2, 0.25) is 0 Å². The number of hydrogen-bond acceptors (Lipinski definition) is 4. The minimum absolute atomic E-state index is 0.126. The van der Waals surface area contributed by atoms with Gasteiger partial charge in [0.1, 0.15) is 6.07 Å². The van der Waals surface area contributed by atoms with E-state index in [0.717, 1.165) is 0 Å². The third-order valence-electron chi connectivity index (χ3n) is 2.14. The van der Waals surface area contributed by atoms with Gasteiger partial charge in [-0.15, -0.1) is 0 Å². The zero-order valence-electron chi connectivity index (χ0n) is 9.06. The molecule has 0 amide bonds. The Morgan fingerprint density at radius 3 is 2.31 bits per heavy atom. The standard InChI is InChI=1S/C11H12N2O2S/c1-9(13-2)11(8-12)16(14,15)10-6-4-3-5-7-10/h3-7,13H,1-2H3/b11-9-. The molecule has 0 spiro atoms. The zero-order valence-corrected chi connectivity index (χ0v) is 9.88. The molecule has 0 saturated carbocycles. The molecule has 0 aliphatic carbocycles. The summed E-state index contributed by atoms with van der Waals surface area (Å²) in [5.74, 6) is 0. The Kier molecular flexibility index (Phi) is 3.69. The first-order valence-electron chi connectivity index (χ1n) is 4.63. The molecule has 1 aromatic carbocycles. The molecular weight excluding hydrogens is 224 g/mol. The van der Waals surface area contributed by atoms with Crippen molar-refractivity contribution < 1.29 is 8.42 Å². The summed E-state index contributed by atoms with van der Waals surface area (Å²) in [6.45, 7) is 1.55. The molecule has 4 nitrogen and oxygen atoms in total. The number of rotatable bonds is 3. The molecule has 0 fully saturated rings. The fourth-order valence-electron chi connectivity index (χ4n) is 1.18. The highest BCUT2D eigenvalue weighted by atomic mass is 32.2. The summed E-state index contributed by atoms with van der Waals surface area (Å²) >= 11 is 0. The number of nitrogens with one attached hydrogen (secondary N) is 1. The Balaban J connectivity index is 3.40. The van der Waals surface area contributed by atoms with Crippen molar-refractivity contribution in [3.8, 4) is 6.07 Å². The van der Waals surface area contributed by atoms with Crippen LogP contribution in [0.3, 0.4) is 0 Å². The van der Waals surface area contributed by atoms with Crippen molar-refractivity contribution >= 4 is 9.84 Å². The lowest BCUT2D eigenvalue weighted by Gasteiger charge is -2.06. The van der Waals surface area contributed by atoms with Gasteiger partial charge in [0.05, 0.1) is 4.90 Å². The number of benzene rings is 1. The maximum Gasteiger partial charge on any atom is 0.218 e. The van der Waals surface area contributed by atoms with E-state index in [0.29, 0.717) is 5.70 Å². The fraction of sp³-hybridized carbons (Fsp3) is 0.182. The maximum atomic E-state index is 12.0. The lowest BCUT2D eigenvalue weighted by atomic mass is 10.4. The lowest BCUT2D eigenvalue weighted by molar-refractivity contribution is 0.602. The van der Waals surface area contributed by atoms with Gasteiger partial charge in [-0.05, 0) is 19.1 Å². The molecule has 0 heterocycles. The van der Waals surface area contributed by atoms with E-state index in [-0.39, 0.29) is 9.80 Å². The van der Waals surface area contributed by atoms with E-state index in [2.05, 4.69) is 5.32 Å².